The van der Waals surface area contributed by atoms with Gasteiger partial charge in [0, 0.05) is 12.1 Å². The third kappa shape index (κ3) is 4.83. The van der Waals surface area contributed by atoms with E-state index in [1.807, 2.05) is 19.9 Å². The molecule has 0 fully saturated rings. The van der Waals surface area contributed by atoms with Gasteiger partial charge in [-0.2, -0.15) is 0 Å². The number of aryl methyl sites for hydroxylation is 1. The number of alkyl halides is 2. The van der Waals surface area contributed by atoms with E-state index in [1.54, 1.807) is 11.9 Å². The van der Waals surface area contributed by atoms with Crippen LogP contribution in [-0.4, -0.2) is 31.5 Å². The van der Waals surface area contributed by atoms with Crippen LogP contribution in [0.1, 0.15) is 24.0 Å². The van der Waals surface area contributed by atoms with E-state index >= 15 is 0 Å². The Morgan fingerprint density at radius 1 is 1.47 bits per heavy atom. The van der Waals surface area contributed by atoms with Crippen molar-refractivity contribution in [1.82, 2.24) is 10.2 Å². The van der Waals surface area contributed by atoms with Gasteiger partial charge >= 0.3 is 0 Å². The summed E-state index contributed by atoms with van der Waals surface area (Å²) in [6.07, 6.45) is -2.30. The molecule has 0 aromatic carbocycles. The first kappa shape index (κ1) is 14.1. The summed E-state index contributed by atoms with van der Waals surface area (Å²) in [6, 6.07) is 1.93. The zero-order valence-corrected chi connectivity index (χ0v) is 10.6. The van der Waals surface area contributed by atoms with E-state index in [4.69, 9.17) is 4.42 Å². The van der Waals surface area contributed by atoms with Crippen molar-refractivity contribution >= 4 is 0 Å². The zero-order chi connectivity index (χ0) is 12.8. The van der Waals surface area contributed by atoms with Gasteiger partial charge in [-0.3, -0.25) is 4.90 Å². The molecule has 0 atom stereocenters. The molecule has 0 saturated heterocycles. The highest BCUT2D eigenvalue weighted by Crippen LogP contribution is 2.16. The van der Waals surface area contributed by atoms with Crippen molar-refractivity contribution in [3.8, 4) is 0 Å². The average molecular weight is 246 g/mol. The van der Waals surface area contributed by atoms with Crippen molar-refractivity contribution in [2.24, 2.45) is 0 Å². The normalized spacial score (nSPS) is 11.7. The van der Waals surface area contributed by atoms with Crippen LogP contribution in [0.25, 0.3) is 0 Å². The number of furan rings is 1. The minimum absolute atomic E-state index is 0.215. The number of hydrogen-bond acceptors (Lipinski definition) is 3. The Balaban J connectivity index is 2.55. The van der Waals surface area contributed by atoms with E-state index in [9.17, 15) is 8.78 Å². The minimum Gasteiger partial charge on any atom is -0.465 e. The number of nitrogens with zero attached hydrogens (tertiary/aromatic N) is 1. The lowest BCUT2D eigenvalue weighted by Gasteiger charge is -2.14. The van der Waals surface area contributed by atoms with Crippen LogP contribution in [0.5, 0.6) is 0 Å². The highest BCUT2D eigenvalue weighted by molar-refractivity contribution is 5.20. The molecule has 0 spiro atoms. The van der Waals surface area contributed by atoms with Crippen molar-refractivity contribution in [3.63, 3.8) is 0 Å². The molecule has 1 rings (SSSR count). The van der Waals surface area contributed by atoms with Crippen LogP contribution in [0, 0.1) is 6.92 Å². The Labute approximate surface area is 101 Å². The molecule has 0 radical (unpaired) electrons. The number of halogens is 2. The van der Waals surface area contributed by atoms with Crippen LogP contribution < -0.4 is 5.32 Å². The van der Waals surface area contributed by atoms with Crippen LogP contribution in [0.15, 0.2) is 10.5 Å². The van der Waals surface area contributed by atoms with E-state index in [-0.39, 0.29) is 6.54 Å². The molecule has 3 nitrogen and oxygen atoms in total. The van der Waals surface area contributed by atoms with Gasteiger partial charge in [0.2, 0.25) is 0 Å². The molecule has 17 heavy (non-hydrogen) atoms. The third-order valence-corrected chi connectivity index (χ3v) is 2.51. The lowest BCUT2D eigenvalue weighted by atomic mass is 10.2. The number of nitrogens with one attached hydrogen (secondary N) is 1. The van der Waals surface area contributed by atoms with Crippen LogP contribution >= 0.6 is 0 Å². The van der Waals surface area contributed by atoms with Gasteiger partial charge in [0.05, 0.1) is 13.1 Å². The molecule has 1 aromatic heterocycles. The summed E-state index contributed by atoms with van der Waals surface area (Å²) in [7, 11) is 1.68. The largest absolute Gasteiger partial charge is 0.465 e. The molecule has 1 heterocycles. The molecule has 0 aliphatic carbocycles. The molecule has 5 heteroatoms. The molecular weight excluding hydrogens is 226 g/mol. The highest BCUT2D eigenvalue weighted by Gasteiger charge is 2.12. The standard InChI is InChI=1S/C12H20F2N2O/c1-4-15-6-11-5-10(9(2)17-11)7-16(3)8-12(13)14/h5,12,15H,4,6-8H2,1-3H3. The topological polar surface area (TPSA) is 28.4 Å². The number of hydrogen-bond donors (Lipinski definition) is 1. The first-order chi connectivity index (χ1) is 8.02. The van der Waals surface area contributed by atoms with Crippen molar-refractivity contribution in [2.75, 3.05) is 20.1 Å². The Kier molecular flexibility index (Phi) is 5.58. The first-order valence-corrected chi connectivity index (χ1v) is 5.78. The van der Waals surface area contributed by atoms with Crippen LogP contribution in [-0.2, 0) is 13.1 Å². The Morgan fingerprint density at radius 2 is 2.18 bits per heavy atom. The third-order valence-electron chi connectivity index (χ3n) is 2.51. The second-order valence-corrected chi connectivity index (χ2v) is 4.16. The van der Waals surface area contributed by atoms with Gasteiger partial charge in [-0.25, -0.2) is 8.78 Å². The first-order valence-electron chi connectivity index (χ1n) is 5.78. The molecule has 0 bridgehead atoms. The zero-order valence-electron chi connectivity index (χ0n) is 10.6. The Bertz CT molecular complexity index is 339. The molecule has 0 amide bonds. The highest BCUT2D eigenvalue weighted by atomic mass is 19.3. The van der Waals surface area contributed by atoms with Crippen molar-refractivity contribution < 1.29 is 13.2 Å². The summed E-state index contributed by atoms with van der Waals surface area (Å²) in [6.45, 7) is 5.71. The fraction of sp³-hybridized carbons (Fsp3) is 0.667. The van der Waals surface area contributed by atoms with Crippen molar-refractivity contribution in [1.29, 1.82) is 0 Å². The summed E-state index contributed by atoms with van der Waals surface area (Å²) in [5, 5.41) is 3.16. The van der Waals surface area contributed by atoms with Gasteiger partial charge in [0.25, 0.3) is 6.43 Å². The van der Waals surface area contributed by atoms with E-state index in [0.717, 1.165) is 23.6 Å². The van der Waals surface area contributed by atoms with Crippen LogP contribution in [0.3, 0.4) is 0 Å². The van der Waals surface area contributed by atoms with E-state index in [1.165, 1.54) is 0 Å². The second-order valence-electron chi connectivity index (χ2n) is 4.16. The maximum atomic E-state index is 12.2. The van der Waals surface area contributed by atoms with Crippen LogP contribution in [0.4, 0.5) is 8.78 Å². The smallest absolute Gasteiger partial charge is 0.251 e. The summed E-state index contributed by atoms with van der Waals surface area (Å²) in [5.41, 5.74) is 0.973. The minimum atomic E-state index is -2.30. The van der Waals surface area contributed by atoms with Gasteiger partial charge in [0.15, 0.2) is 0 Å². The summed E-state index contributed by atoms with van der Waals surface area (Å²) >= 11 is 0. The van der Waals surface area contributed by atoms with E-state index < -0.39 is 6.43 Å². The maximum absolute atomic E-state index is 12.2. The molecule has 0 saturated carbocycles. The Hall–Kier alpha value is -0.940. The van der Waals surface area contributed by atoms with Gasteiger partial charge in [-0.1, -0.05) is 6.92 Å². The summed E-state index contributed by atoms with van der Waals surface area (Å²) < 4.78 is 29.9. The summed E-state index contributed by atoms with van der Waals surface area (Å²) in [5.74, 6) is 1.66. The SMILES string of the molecule is CCNCc1cc(CN(C)CC(F)F)c(C)o1. The lowest BCUT2D eigenvalue weighted by molar-refractivity contribution is 0.0973. The van der Waals surface area contributed by atoms with Gasteiger partial charge < -0.3 is 9.73 Å². The molecule has 0 aliphatic heterocycles. The predicted molar refractivity (Wildman–Crippen MR) is 63.2 cm³/mol. The average Bonchev–Trinajstić information content (AvgIpc) is 2.55. The Morgan fingerprint density at radius 3 is 2.76 bits per heavy atom. The molecule has 1 N–H and O–H groups in total. The van der Waals surface area contributed by atoms with E-state index in [0.29, 0.717) is 13.1 Å². The predicted octanol–water partition coefficient (Wildman–Crippen LogP) is 2.39. The van der Waals surface area contributed by atoms with Gasteiger partial charge in [-0.05, 0) is 26.6 Å². The van der Waals surface area contributed by atoms with Gasteiger partial charge in [-0.15, -0.1) is 0 Å². The van der Waals surface area contributed by atoms with Gasteiger partial charge in [0.1, 0.15) is 11.5 Å². The van der Waals surface area contributed by atoms with Crippen LogP contribution in [0.2, 0.25) is 0 Å². The van der Waals surface area contributed by atoms with Crippen molar-refractivity contribution in [2.45, 2.75) is 33.4 Å². The molecule has 0 unspecified atom stereocenters. The fourth-order valence-electron chi connectivity index (χ4n) is 1.67. The quantitative estimate of drug-likeness (QED) is 0.800. The molecular formula is C12H20F2N2O. The molecule has 98 valence electrons. The van der Waals surface area contributed by atoms with Crippen molar-refractivity contribution in [3.05, 3.63) is 23.2 Å². The molecule has 1 aromatic rings. The maximum Gasteiger partial charge on any atom is 0.251 e. The summed E-state index contributed by atoms with van der Waals surface area (Å²) in [4.78, 5) is 1.60. The lowest BCUT2D eigenvalue weighted by Crippen LogP contribution is -2.24. The second kappa shape index (κ2) is 6.71. The number of rotatable bonds is 7. The monoisotopic (exact) mass is 246 g/mol. The molecule has 0 aliphatic rings. The fourth-order valence-corrected chi connectivity index (χ4v) is 1.67. The van der Waals surface area contributed by atoms with E-state index in [2.05, 4.69) is 5.32 Å².